The van der Waals surface area contributed by atoms with E-state index in [0.717, 1.165) is 0 Å². The van der Waals surface area contributed by atoms with Gasteiger partial charge in [0.05, 0.1) is 5.92 Å². The largest absolute Gasteiger partial charge is 0.481 e. The van der Waals surface area contributed by atoms with Crippen molar-refractivity contribution >= 4 is 17.7 Å². The van der Waals surface area contributed by atoms with Gasteiger partial charge in [0.15, 0.2) is 0 Å². The monoisotopic (exact) mass is 292 g/mol. The van der Waals surface area contributed by atoms with Gasteiger partial charge in [-0.3, -0.25) is 15.2 Å². The Hall–Kier alpha value is -2.24. The normalized spacial score (nSPS) is 12.5. The Morgan fingerprint density at radius 3 is 2.52 bits per heavy atom. The van der Waals surface area contributed by atoms with Gasteiger partial charge in [-0.1, -0.05) is 6.07 Å². The van der Waals surface area contributed by atoms with Crippen LogP contribution in [0.4, 0.5) is 0 Å². The molecular formula is C15H20N2O4. The second kappa shape index (κ2) is 6.97. The number of aliphatic carboxylic acids is 1. The van der Waals surface area contributed by atoms with E-state index in [4.69, 9.17) is 10.1 Å². The van der Waals surface area contributed by atoms with Crippen molar-refractivity contribution in [3.8, 4) is 0 Å². The second-order valence-electron chi connectivity index (χ2n) is 5.74. The first-order chi connectivity index (χ1) is 9.69. The molecule has 114 valence electrons. The number of ether oxygens (including phenoxy) is 1. The van der Waals surface area contributed by atoms with Crippen LogP contribution < -0.4 is 0 Å². The number of hydrogen-bond acceptors (Lipinski definition) is 5. The molecule has 0 aromatic carbocycles. The molecule has 21 heavy (non-hydrogen) atoms. The van der Waals surface area contributed by atoms with Gasteiger partial charge in [-0.25, -0.2) is 4.79 Å². The summed E-state index contributed by atoms with van der Waals surface area (Å²) in [5.41, 5.74) is -0.432. The zero-order valence-corrected chi connectivity index (χ0v) is 12.4. The van der Waals surface area contributed by atoms with E-state index in [1.807, 2.05) is 0 Å². The van der Waals surface area contributed by atoms with E-state index in [1.165, 1.54) is 0 Å². The maximum absolute atomic E-state index is 11.7. The van der Waals surface area contributed by atoms with E-state index >= 15 is 0 Å². The Morgan fingerprint density at radius 2 is 2.05 bits per heavy atom. The summed E-state index contributed by atoms with van der Waals surface area (Å²) in [6.45, 7) is 5.09. The molecule has 6 nitrogen and oxygen atoms in total. The van der Waals surface area contributed by atoms with Crippen molar-refractivity contribution in [3.05, 3.63) is 30.1 Å². The highest BCUT2D eigenvalue weighted by molar-refractivity contribution is 6.35. The quantitative estimate of drug-likeness (QED) is 0.617. The van der Waals surface area contributed by atoms with Crippen LogP contribution in [-0.2, 0) is 20.7 Å². The molecule has 0 fully saturated rings. The van der Waals surface area contributed by atoms with Crippen LogP contribution in [0.5, 0.6) is 0 Å². The smallest absolute Gasteiger partial charge is 0.352 e. The molecule has 0 amide bonds. The lowest BCUT2D eigenvalue weighted by molar-refractivity contribution is -0.146. The second-order valence-corrected chi connectivity index (χ2v) is 5.74. The van der Waals surface area contributed by atoms with E-state index in [-0.39, 0.29) is 18.6 Å². The first kappa shape index (κ1) is 16.8. The summed E-state index contributed by atoms with van der Waals surface area (Å²) in [6.07, 6.45) is 1.57. The fourth-order valence-electron chi connectivity index (χ4n) is 1.69. The Labute approximate surface area is 123 Å². The number of aromatic nitrogens is 1. The third kappa shape index (κ3) is 6.16. The minimum Gasteiger partial charge on any atom is -0.481 e. The van der Waals surface area contributed by atoms with Gasteiger partial charge in [0, 0.05) is 24.7 Å². The summed E-state index contributed by atoms with van der Waals surface area (Å²) in [4.78, 5) is 27.0. The number of carboxylic acid groups (broad SMARTS) is 1. The van der Waals surface area contributed by atoms with E-state index in [0.29, 0.717) is 5.69 Å². The van der Waals surface area contributed by atoms with E-state index in [2.05, 4.69) is 4.98 Å². The number of esters is 1. The third-order valence-electron chi connectivity index (χ3n) is 2.63. The molecule has 0 aliphatic rings. The number of carboxylic acids is 1. The SMILES string of the molecule is CC(C)(C)OC(=O)C(=N)CC(Cc1ccccn1)C(=O)O. The highest BCUT2D eigenvalue weighted by atomic mass is 16.6. The standard InChI is InChI=1S/C15H20N2O4/c1-15(2,3)21-14(20)12(16)9-10(13(18)19)8-11-6-4-5-7-17-11/h4-7,10,16H,8-9H2,1-3H3,(H,18,19). The molecule has 0 saturated heterocycles. The topological polar surface area (TPSA) is 100 Å². The van der Waals surface area contributed by atoms with Gasteiger partial charge in [-0.2, -0.15) is 0 Å². The lowest BCUT2D eigenvalue weighted by Crippen LogP contribution is -2.31. The third-order valence-corrected chi connectivity index (χ3v) is 2.63. The van der Waals surface area contributed by atoms with Gasteiger partial charge in [-0.15, -0.1) is 0 Å². The number of carbonyl (C=O) groups excluding carboxylic acids is 1. The fourth-order valence-corrected chi connectivity index (χ4v) is 1.69. The minimum absolute atomic E-state index is 0.168. The van der Waals surface area contributed by atoms with Crippen molar-refractivity contribution in [3.63, 3.8) is 0 Å². The Balaban J connectivity index is 2.69. The predicted molar refractivity (Wildman–Crippen MR) is 77.3 cm³/mol. The molecule has 1 rings (SSSR count). The molecule has 0 radical (unpaired) electrons. The van der Waals surface area contributed by atoms with Crippen LogP contribution in [0, 0.1) is 11.3 Å². The number of rotatable bonds is 6. The number of nitrogens with zero attached hydrogens (tertiary/aromatic N) is 1. The van der Waals surface area contributed by atoms with Crippen molar-refractivity contribution in [1.29, 1.82) is 5.41 Å². The van der Waals surface area contributed by atoms with E-state index < -0.39 is 23.5 Å². The van der Waals surface area contributed by atoms with Crippen LogP contribution in [0.3, 0.4) is 0 Å². The Morgan fingerprint density at radius 1 is 1.38 bits per heavy atom. The van der Waals surface area contributed by atoms with E-state index in [9.17, 15) is 14.7 Å². The summed E-state index contributed by atoms with van der Waals surface area (Å²) in [5, 5.41) is 16.9. The molecule has 0 spiro atoms. The van der Waals surface area contributed by atoms with Gasteiger partial charge < -0.3 is 9.84 Å². The molecule has 0 bridgehead atoms. The molecule has 0 saturated carbocycles. The van der Waals surface area contributed by atoms with Crippen LogP contribution in [0.2, 0.25) is 0 Å². The molecule has 1 unspecified atom stereocenters. The van der Waals surface area contributed by atoms with E-state index in [1.54, 1.807) is 45.2 Å². The maximum atomic E-state index is 11.7. The van der Waals surface area contributed by atoms with Crippen molar-refractivity contribution in [2.75, 3.05) is 0 Å². The van der Waals surface area contributed by atoms with Crippen molar-refractivity contribution in [2.24, 2.45) is 5.92 Å². The molecule has 1 aromatic heterocycles. The molecule has 1 aromatic rings. The number of pyridine rings is 1. The van der Waals surface area contributed by atoms with Crippen LogP contribution in [-0.4, -0.2) is 33.3 Å². The molecule has 2 N–H and O–H groups in total. The van der Waals surface area contributed by atoms with Gasteiger partial charge in [0.25, 0.3) is 0 Å². The molecule has 6 heteroatoms. The first-order valence-electron chi connectivity index (χ1n) is 6.62. The molecular weight excluding hydrogens is 272 g/mol. The molecule has 0 aliphatic carbocycles. The van der Waals surface area contributed by atoms with Crippen molar-refractivity contribution in [2.45, 2.75) is 39.2 Å². The highest BCUT2D eigenvalue weighted by Gasteiger charge is 2.26. The first-order valence-corrected chi connectivity index (χ1v) is 6.62. The number of carbonyl (C=O) groups is 2. The fraction of sp³-hybridized carbons (Fsp3) is 0.467. The number of hydrogen-bond donors (Lipinski definition) is 2. The summed E-state index contributed by atoms with van der Waals surface area (Å²) in [7, 11) is 0. The minimum atomic E-state index is -1.06. The Kier molecular flexibility index (Phi) is 5.58. The van der Waals surface area contributed by atoms with Crippen LogP contribution in [0.25, 0.3) is 0 Å². The lowest BCUT2D eigenvalue weighted by atomic mass is 9.96. The van der Waals surface area contributed by atoms with Crippen LogP contribution in [0.15, 0.2) is 24.4 Å². The zero-order valence-electron chi connectivity index (χ0n) is 12.4. The predicted octanol–water partition coefficient (Wildman–Crippen LogP) is 2.08. The zero-order chi connectivity index (χ0) is 16.0. The van der Waals surface area contributed by atoms with Gasteiger partial charge in [0.1, 0.15) is 11.3 Å². The van der Waals surface area contributed by atoms with Gasteiger partial charge >= 0.3 is 11.9 Å². The van der Waals surface area contributed by atoms with Crippen LogP contribution >= 0.6 is 0 Å². The lowest BCUT2D eigenvalue weighted by Gasteiger charge is -2.20. The van der Waals surface area contributed by atoms with Crippen molar-refractivity contribution < 1.29 is 19.4 Å². The van der Waals surface area contributed by atoms with Gasteiger partial charge in [0.2, 0.25) is 0 Å². The average molecular weight is 292 g/mol. The number of nitrogens with one attached hydrogen (secondary N) is 1. The van der Waals surface area contributed by atoms with Crippen molar-refractivity contribution in [1.82, 2.24) is 4.98 Å². The van der Waals surface area contributed by atoms with Gasteiger partial charge in [-0.05, 0) is 32.9 Å². The summed E-state index contributed by atoms with van der Waals surface area (Å²) in [6, 6.07) is 5.22. The summed E-state index contributed by atoms with van der Waals surface area (Å²) >= 11 is 0. The average Bonchev–Trinajstić information content (AvgIpc) is 2.36. The summed E-state index contributed by atoms with van der Waals surface area (Å²) < 4.78 is 5.06. The molecule has 1 heterocycles. The molecule has 0 aliphatic heterocycles. The molecule has 1 atom stereocenters. The highest BCUT2D eigenvalue weighted by Crippen LogP contribution is 2.14. The van der Waals surface area contributed by atoms with Crippen LogP contribution in [0.1, 0.15) is 32.9 Å². The Bertz CT molecular complexity index is 520. The maximum Gasteiger partial charge on any atom is 0.352 e. The summed E-state index contributed by atoms with van der Waals surface area (Å²) in [5.74, 6) is -2.72.